The first-order valence-electron chi connectivity index (χ1n) is 14.2. The average molecular weight is 541 g/mol. The van der Waals surface area contributed by atoms with Crippen molar-refractivity contribution in [1.29, 1.82) is 0 Å². The number of benzene rings is 6. The van der Waals surface area contributed by atoms with Gasteiger partial charge in [-0.2, -0.15) is 0 Å². The Morgan fingerprint density at radius 2 is 0.976 bits per heavy atom. The molecule has 0 aliphatic heterocycles. The van der Waals surface area contributed by atoms with E-state index in [0.29, 0.717) is 0 Å². The highest BCUT2D eigenvalue weighted by Crippen LogP contribution is 2.37. The second-order valence-electron chi connectivity index (χ2n) is 10.6. The molecule has 0 N–H and O–H groups in total. The van der Waals surface area contributed by atoms with Gasteiger partial charge >= 0.3 is 0 Å². The first kappa shape index (κ1) is 24.2. The van der Waals surface area contributed by atoms with Crippen LogP contribution in [0, 0.1) is 0 Å². The predicted octanol–water partition coefficient (Wildman–Crippen LogP) is 9.81. The van der Waals surface area contributed by atoms with E-state index in [0.717, 1.165) is 45.2 Å². The first-order valence-corrected chi connectivity index (χ1v) is 14.2. The highest BCUT2D eigenvalue weighted by Gasteiger charge is 2.16. The van der Waals surface area contributed by atoms with E-state index in [9.17, 15) is 0 Å². The zero-order chi connectivity index (χ0) is 28.0. The van der Waals surface area contributed by atoms with Crippen molar-refractivity contribution < 1.29 is 0 Å². The van der Waals surface area contributed by atoms with Crippen molar-refractivity contribution in [3.8, 4) is 17.1 Å². The van der Waals surface area contributed by atoms with E-state index in [2.05, 4.69) is 167 Å². The SMILES string of the molecule is Cn1c(-c2ccc(N(c3ccccc3)c3ccc(-n4c5ccccc5c5ccccc54)cc3)cc2)nc2ccccc21. The number of para-hydroxylation sites is 5. The van der Waals surface area contributed by atoms with E-state index in [4.69, 9.17) is 4.98 Å². The van der Waals surface area contributed by atoms with Gasteiger partial charge in [0.05, 0.1) is 22.1 Å². The van der Waals surface area contributed by atoms with Crippen LogP contribution in [0.5, 0.6) is 0 Å². The number of hydrogen-bond acceptors (Lipinski definition) is 2. The van der Waals surface area contributed by atoms with Crippen molar-refractivity contribution in [2.45, 2.75) is 0 Å². The Morgan fingerprint density at radius 3 is 1.60 bits per heavy atom. The van der Waals surface area contributed by atoms with E-state index >= 15 is 0 Å². The fraction of sp³-hybridized carbons (Fsp3) is 0.0263. The third-order valence-corrected chi connectivity index (χ3v) is 8.13. The van der Waals surface area contributed by atoms with Gasteiger partial charge in [0.2, 0.25) is 0 Å². The number of anilines is 3. The Labute approximate surface area is 244 Å². The molecular weight excluding hydrogens is 512 g/mol. The van der Waals surface area contributed by atoms with Crippen LogP contribution in [0.4, 0.5) is 17.1 Å². The van der Waals surface area contributed by atoms with Crippen LogP contribution in [0.15, 0.2) is 152 Å². The molecule has 2 aromatic heterocycles. The summed E-state index contributed by atoms with van der Waals surface area (Å²) in [5.41, 5.74) is 10.1. The monoisotopic (exact) mass is 540 g/mol. The summed E-state index contributed by atoms with van der Waals surface area (Å²) in [6, 6.07) is 53.6. The molecule has 6 aromatic carbocycles. The van der Waals surface area contributed by atoms with Crippen molar-refractivity contribution in [1.82, 2.24) is 14.1 Å². The maximum atomic E-state index is 4.90. The molecule has 0 unspecified atom stereocenters. The topological polar surface area (TPSA) is 26.0 Å². The number of imidazole rings is 1. The minimum atomic E-state index is 0.963. The highest BCUT2D eigenvalue weighted by molar-refractivity contribution is 6.09. The van der Waals surface area contributed by atoms with Crippen LogP contribution in [-0.2, 0) is 7.05 Å². The van der Waals surface area contributed by atoms with E-state index in [1.54, 1.807) is 0 Å². The van der Waals surface area contributed by atoms with E-state index < -0.39 is 0 Å². The molecule has 0 amide bonds. The molecule has 2 heterocycles. The minimum absolute atomic E-state index is 0.963. The van der Waals surface area contributed by atoms with Crippen molar-refractivity contribution in [2.75, 3.05) is 4.90 Å². The van der Waals surface area contributed by atoms with Gasteiger partial charge < -0.3 is 14.0 Å². The third-order valence-electron chi connectivity index (χ3n) is 8.13. The summed E-state index contributed by atoms with van der Waals surface area (Å²) in [6.45, 7) is 0. The molecule has 0 saturated carbocycles. The summed E-state index contributed by atoms with van der Waals surface area (Å²) in [4.78, 5) is 7.20. The Balaban J connectivity index is 1.21. The molecule has 42 heavy (non-hydrogen) atoms. The molecule has 0 bridgehead atoms. The second kappa shape index (κ2) is 9.79. The molecule has 0 saturated heterocycles. The Bertz CT molecular complexity index is 2130. The van der Waals surface area contributed by atoms with Gasteiger partial charge in [-0.25, -0.2) is 4.98 Å². The van der Waals surface area contributed by atoms with Gasteiger partial charge in [-0.15, -0.1) is 0 Å². The number of nitrogens with zero attached hydrogens (tertiary/aromatic N) is 4. The molecule has 0 spiro atoms. The van der Waals surface area contributed by atoms with Crippen molar-refractivity contribution >= 4 is 49.9 Å². The summed E-state index contributed by atoms with van der Waals surface area (Å²) < 4.78 is 4.51. The van der Waals surface area contributed by atoms with Gasteiger partial charge in [0.1, 0.15) is 5.82 Å². The van der Waals surface area contributed by atoms with Crippen molar-refractivity contribution in [3.05, 3.63) is 152 Å². The lowest BCUT2D eigenvalue weighted by atomic mass is 10.1. The highest BCUT2D eigenvalue weighted by atomic mass is 15.1. The Hall–Kier alpha value is -5.61. The van der Waals surface area contributed by atoms with Crippen LogP contribution in [0.25, 0.3) is 49.9 Å². The molecule has 8 rings (SSSR count). The predicted molar refractivity (Wildman–Crippen MR) is 175 cm³/mol. The van der Waals surface area contributed by atoms with Gasteiger partial charge in [-0.05, 0) is 84.9 Å². The lowest BCUT2D eigenvalue weighted by molar-refractivity contribution is 0.959. The number of fused-ring (bicyclic) bond motifs is 4. The maximum Gasteiger partial charge on any atom is 0.140 e. The number of rotatable bonds is 5. The lowest BCUT2D eigenvalue weighted by Crippen LogP contribution is -2.10. The van der Waals surface area contributed by atoms with E-state index in [1.165, 1.54) is 21.8 Å². The average Bonchev–Trinajstić information content (AvgIpc) is 3.57. The first-order chi connectivity index (χ1) is 20.8. The molecule has 0 atom stereocenters. The Kier molecular flexibility index (Phi) is 5.64. The second-order valence-corrected chi connectivity index (χ2v) is 10.6. The van der Waals surface area contributed by atoms with Crippen LogP contribution in [-0.4, -0.2) is 14.1 Å². The van der Waals surface area contributed by atoms with E-state index in [-0.39, 0.29) is 0 Å². The molecule has 0 aliphatic carbocycles. The van der Waals surface area contributed by atoms with Crippen LogP contribution in [0.1, 0.15) is 0 Å². The summed E-state index contributed by atoms with van der Waals surface area (Å²) >= 11 is 0. The Morgan fingerprint density at radius 1 is 0.476 bits per heavy atom. The standard InChI is InChI=1S/C38H28N4/c1-40-37-18-10-7-15-34(37)39-38(40)27-19-21-29(22-20-27)41(28-11-3-2-4-12-28)30-23-25-31(26-24-30)42-35-16-8-5-13-32(35)33-14-6-9-17-36(33)42/h2-26H,1H3. The summed E-state index contributed by atoms with van der Waals surface area (Å²) in [5.74, 6) is 0.963. The molecule has 200 valence electrons. The summed E-state index contributed by atoms with van der Waals surface area (Å²) in [7, 11) is 2.08. The largest absolute Gasteiger partial charge is 0.327 e. The lowest BCUT2D eigenvalue weighted by Gasteiger charge is -2.26. The van der Waals surface area contributed by atoms with Crippen LogP contribution in [0.3, 0.4) is 0 Å². The number of hydrogen-bond donors (Lipinski definition) is 0. The zero-order valence-corrected chi connectivity index (χ0v) is 23.2. The van der Waals surface area contributed by atoms with Gasteiger partial charge in [0, 0.05) is 46.1 Å². The molecule has 0 aliphatic rings. The van der Waals surface area contributed by atoms with E-state index in [1.807, 2.05) is 6.07 Å². The molecule has 0 fully saturated rings. The maximum absolute atomic E-state index is 4.90. The molecule has 4 nitrogen and oxygen atoms in total. The van der Waals surface area contributed by atoms with Crippen LogP contribution >= 0.6 is 0 Å². The van der Waals surface area contributed by atoms with Gasteiger partial charge in [0.15, 0.2) is 0 Å². The number of aryl methyl sites for hydroxylation is 1. The smallest absolute Gasteiger partial charge is 0.140 e. The van der Waals surface area contributed by atoms with Crippen LogP contribution < -0.4 is 4.90 Å². The molecule has 0 radical (unpaired) electrons. The molecule has 4 heteroatoms. The normalized spacial score (nSPS) is 11.5. The summed E-state index contributed by atoms with van der Waals surface area (Å²) in [6.07, 6.45) is 0. The van der Waals surface area contributed by atoms with Gasteiger partial charge in [0.25, 0.3) is 0 Å². The third kappa shape index (κ3) is 3.88. The minimum Gasteiger partial charge on any atom is -0.327 e. The quantitative estimate of drug-likeness (QED) is 0.217. The van der Waals surface area contributed by atoms with Crippen molar-refractivity contribution in [3.63, 3.8) is 0 Å². The fourth-order valence-corrected chi connectivity index (χ4v) is 6.14. The van der Waals surface area contributed by atoms with Gasteiger partial charge in [-0.3, -0.25) is 0 Å². The molecular formula is C38H28N4. The van der Waals surface area contributed by atoms with Gasteiger partial charge in [-0.1, -0.05) is 66.7 Å². The van der Waals surface area contributed by atoms with Crippen molar-refractivity contribution in [2.24, 2.45) is 7.05 Å². The number of aromatic nitrogens is 3. The van der Waals surface area contributed by atoms with Crippen LogP contribution in [0.2, 0.25) is 0 Å². The summed E-state index contributed by atoms with van der Waals surface area (Å²) in [5, 5.41) is 2.53. The molecule has 8 aromatic rings. The zero-order valence-electron chi connectivity index (χ0n) is 23.2. The fourth-order valence-electron chi connectivity index (χ4n) is 6.14.